The second-order valence-electron chi connectivity index (χ2n) is 7.78. The number of hydrogen-bond acceptors (Lipinski definition) is 5. The molecule has 0 spiro atoms. The van der Waals surface area contributed by atoms with E-state index in [0.29, 0.717) is 35.7 Å². The number of carbonyl (C=O) groups excluding carboxylic acids is 2. The van der Waals surface area contributed by atoms with Crippen LogP contribution in [-0.2, 0) is 24.9 Å². The first-order chi connectivity index (χ1) is 16.6. The number of amides is 2. The molecular weight excluding hydrogens is 448 g/mol. The molecule has 0 atom stereocenters. The van der Waals surface area contributed by atoms with E-state index < -0.39 is 0 Å². The topological polar surface area (TPSA) is 85.2 Å². The van der Waals surface area contributed by atoms with E-state index >= 15 is 0 Å². The van der Waals surface area contributed by atoms with Gasteiger partial charge in [-0.1, -0.05) is 12.1 Å². The summed E-state index contributed by atoms with van der Waals surface area (Å²) in [5, 5.41) is 7.79. The van der Waals surface area contributed by atoms with Crippen molar-refractivity contribution >= 4 is 34.5 Å². The van der Waals surface area contributed by atoms with Crippen LogP contribution in [0.3, 0.4) is 0 Å². The number of thiophene rings is 1. The van der Waals surface area contributed by atoms with Crippen LogP contribution in [-0.4, -0.2) is 21.4 Å². The van der Waals surface area contributed by atoms with E-state index in [1.54, 1.807) is 66.1 Å². The smallest absolute Gasteiger partial charge is 0.255 e. The molecule has 174 valence electrons. The molecule has 0 bridgehead atoms. The Labute approximate surface area is 202 Å². The van der Waals surface area contributed by atoms with Crippen molar-refractivity contribution in [2.24, 2.45) is 7.05 Å². The zero-order chi connectivity index (χ0) is 23.8. The molecule has 4 aromatic rings. The average Bonchev–Trinajstić information content (AvgIpc) is 3.50. The molecule has 2 N–H and O–H groups in total. The number of ether oxygens (including phenoxy) is 1. The van der Waals surface area contributed by atoms with Crippen molar-refractivity contribution in [2.45, 2.75) is 25.9 Å². The SMILES string of the molecule is Cn1ccnc1COc1ccc(NC(=O)c2cccc(NC(=O)CCCc3cccs3)c2)cc1. The van der Waals surface area contributed by atoms with Gasteiger partial charge < -0.3 is 19.9 Å². The zero-order valence-corrected chi connectivity index (χ0v) is 19.7. The van der Waals surface area contributed by atoms with E-state index in [0.717, 1.165) is 18.7 Å². The van der Waals surface area contributed by atoms with Crippen LogP contribution in [0.25, 0.3) is 0 Å². The van der Waals surface area contributed by atoms with Crippen LogP contribution >= 0.6 is 11.3 Å². The molecular formula is C26H26N4O3S. The second kappa shape index (κ2) is 11.3. The van der Waals surface area contributed by atoms with Crippen molar-refractivity contribution in [3.05, 3.63) is 94.7 Å². The summed E-state index contributed by atoms with van der Waals surface area (Å²) in [6, 6.07) is 18.2. The molecule has 34 heavy (non-hydrogen) atoms. The minimum atomic E-state index is -0.254. The van der Waals surface area contributed by atoms with Gasteiger partial charge in [-0.25, -0.2) is 4.98 Å². The van der Waals surface area contributed by atoms with Crippen molar-refractivity contribution in [2.75, 3.05) is 10.6 Å². The summed E-state index contributed by atoms with van der Waals surface area (Å²) in [5.74, 6) is 1.20. The number of nitrogens with zero attached hydrogens (tertiary/aromatic N) is 2. The molecule has 2 heterocycles. The van der Waals surface area contributed by atoms with Gasteiger partial charge in [0.15, 0.2) is 0 Å². The maximum Gasteiger partial charge on any atom is 0.255 e. The Hall–Kier alpha value is -3.91. The molecule has 0 aliphatic carbocycles. The van der Waals surface area contributed by atoms with E-state index in [9.17, 15) is 9.59 Å². The van der Waals surface area contributed by atoms with Crippen LogP contribution < -0.4 is 15.4 Å². The van der Waals surface area contributed by atoms with Crippen LogP contribution in [0.5, 0.6) is 5.75 Å². The fourth-order valence-electron chi connectivity index (χ4n) is 3.36. The summed E-state index contributed by atoms with van der Waals surface area (Å²) in [7, 11) is 1.91. The lowest BCUT2D eigenvalue weighted by atomic mass is 10.1. The highest BCUT2D eigenvalue weighted by Gasteiger charge is 2.09. The molecule has 2 amide bonds. The van der Waals surface area contributed by atoms with E-state index in [1.807, 2.05) is 29.3 Å². The van der Waals surface area contributed by atoms with Gasteiger partial charge in [0.25, 0.3) is 5.91 Å². The largest absolute Gasteiger partial charge is 0.486 e. The van der Waals surface area contributed by atoms with E-state index in [2.05, 4.69) is 21.7 Å². The number of rotatable bonds is 10. The number of nitrogens with one attached hydrogen (secondary N) is 2. The molecule has 8 heteroatoms. The predicted octanol–water partition coefficient (Wildman–Crippen LogP) is 5.27. The number of hydrogen-bond donors (Lipinski definition) is 2. The summed E-state index contributed by atoms with van der Waals surface area (Å²) in [5.41, 5.74) is 1.72. The molecule has 0 saturated heterocycles. The van der Waals surface area contributed by atoms with Crippen LogP contribution in [0, 0.1) is 0 Å². The lowest BCUT2D eigenvalue weighted by Gasteiger charge is -2.10. The number of aryl methyl sites for hydroxylation is 2. The first kappa shape index (κ1) is 23.3. The Morgan fingerprint density at radius 1 is 1.03 bits per heavy atom. The quantitative estimate of drug-likeness (QED) is 0.328. The summed E-state index contributed by atoms with van der Waals surface area (Å²) in [6.07, 6.45) is 5.70. The van der Waals surface area contributed by atoms with Crippen molar-refractivity contribution in [1.29, 1.82) is 0 Å². The molecule has 0 saturated carbocycles. The molecule has 0 unspecified atom stereocenters. The molecule has 2 aromatic heterocycles. The van der Waals surface area contributed by atoms with Gasteiger partial charge in [0.05, 0.1) is 0 Å². The zero-order valence-electron chi connectivity index (χ0n) is 18.9. The summed E-state index contributed by atoms with van der Waals surface area (Å²) in [6.45, 7) is 0.363. The molecule has 0 radical (unpaired) electrons. The van der Waals surface area contributed by atoms with Gasteiger partial charge in [-0.2, -0.15) is 0 Å². The molecule has 0 aliphatic rings. The Bertz CT molecular complexity index is 1230. The monoisotopic (exact) mass is 474 g/mol. The maximum atomic E-state index is 12.7. The number of imidazole rings is 1. The van der Waals surface area contributed by atoms with Gasteiger partial charge in [-0.3, -0.25) is 9.59 Å². The van der Waals surface area contributed by atoms with E-state index in [4.69, 9.17) is 4.74 Å². The van der Waals surface area contributed by atoms with Crippen molar-refractivity contribution < 1.29 is 14.3 Å². The van der Waals surface area contributed by atoms with Gasteiger partial charge in [0.1, 0.15) is 18.2 Å². The standard InChI is InChI=1S/C26H26N4O3S/c1-30-15-14-27-24(30)18-33-22-12-10-20(11-13-22)29-26(32)19-5-2-6-21(17-19)28-25(31)9-3-7-23-8-4-16-34-23/h2,4-6,8,10-17H,3,7,9,18H2,1H3,(H,28,31)(H,29,32). The first-order valence-corrected chi connectivity index (χ1v) is 11.9. The Balaban J connectivity index is 1.27. The molecule has 2 aromatic carbocycles. The lowest BCUT2D eigenvalue weighted by molar-refractivity contribution is -0.116. The Kier molecular flexibility index (Phi) is 7.72. The van der Waals surface area contributed by atoms with Gasteiger partial charge in [0, 0.05) is 47.7 Å². The van der Waals surface area contributed by atoms with Crippen molar-refractivity contribution in [1.82, 2.24) is 9.55 Å². The highest BCUT2D eigenvalue weighted by molar-refractivity contribution is 7.09. The number of benzene rings is 2. The highest BCUT2D eigenvalue weighted by atomic mass is 32.1. The number of carbonyl (C=O) groups is 2. The lowest BCUT2D eigenvalue weighted by Crippen LogP contribution is -2.14. The summed E-state index contributed by atoms with van der Waals surface area (Å²) >= 11 is 1.70. The Morgan fingerprint density at radius 2 is 1.88 bits per heavy atom. The molecule has 7 nitrogen and oxygen atoms in total. The maximum absolute atomic E-state index is 12.7. The van der Waals surface area contributed by atoms with E-state index in [-0.39, 0.29) is 11.8 Å². The fraction of sp³-hybridized carbons (Fsp3) is 0.192. The van der Waals surface area contributed by atoms with Crippen LogP contribution in [0.4, 0.5) is 11.4 Å². The van der Waals surface area contributed by atoms with Crippen LogP contribution in [0.2, 0.25) is 0 Å². The minimum Gasteiger partial charge on any atom is -0.486 e. The van der Waals surface area contributed by atoms with Crippen molar-refractivity contribution in [3.63, 3.8) is 0 Å². The van der Waals surface area contributed by atoms with Gasteiger partial charge in [-0.05, 0) is 66.8 Å². The van der Waals surface area contributed by atoms with Crippen LogP contribution in [0.1, 0.15) is 33.9 Å². The third kappa shape index (κ3) is 6.55. The fourth-order valence-corrected chi connectivity index (χ4v) is 4.11. The normalized spacial score (nSPS) is 10.6. The average molecular weight is 475 g/mol. The van der Waals surface area contributed by atoms with Gasteiger partial charge in [-0.15, -0.1) is 11.3 Å². The number of aromatic nitrogens is 2. The first-order valence-electron chi connectivity index (χ1n) is 11.0. The minimum absolute atomic E-state index is 0.0600. The molecule has 4 rings (SSSR count). The second-order valence-corrected chi connectivity index (χ2v) is 8.82. The van der Waals surface area contributed by atoms with Gasteiger partial charge in [0.2, 0.25) is 5.91 Å². The predicted molar refractivity (Wildman–Crippen MR) is 134 cm³/mol. The van der Waals surface area contributed by atoms with E-state index in [1.165, 1.54) is 4.88 Å². The Morgan fingerprint density at radius 3 is 2.62 bits per heavy atom. The van der Waals surface area contributed by atoms with Crippen molar-refractivity contribution in [3.8, 4) is 5.75 Å². The third-order valence-corrected chi connectivity index (χ3v) is 6.15. The molecule has 0 aliphatic heterocycles. The highest BCUT2D eigenvalue weighted by Crippen LogP contribution is 2.19. The number of anilines is 2. The van der Waals surface area contributed by atoms with Crippen LogP contribution in [0.15, 0.2) is 78.4 Å². The molecule has 0 fully saturated rings. The third-order valence-electron chi connectivity index (χ3n) is 5.22. The summed E-state index contributed by atoms with van der Waals surface area (Å²) in [4.78, 5) is 30.5. The van der Waals surface area contributed by atoms with Gasteiger partial charge >= 0.3 is 0 Å². The summed E-state index contributed by atoms with van der Waals surface area (Å²) < 4.78 is 7.64.